The molecule has 2 heterocycles. The first-order valence-electron chi connectivity index (χ1n) is 7.12. The Morgan fingerprint density at radius 3 is 2.91 bits per heavy atom. The van der Waals surface area contributed by atoms with Crippen molar-refractivity contribution in [1.29, 1.82) is 0 Å². The second-order valence-electron chi connectivity index (χ2n) is 5.35. The van der Waals surface area contributed by atoms with E-state index in [1.807, 2.05) is 4.90 Å². The molecule has 1 saturated heterocycles. The number of carbonyl (C=O) groups excluding carboxylic acids is 2. The highest BCUT2D eigenvalue weighted by Crippen LogP contribution is 2.25. The number of hydrogen-bond donors (Lipinski definition) is 2. The molecule has 2 amide bonds. The van der Waals surface area contributed by atoms with Gasteiger partial charge in [0.05, 0.1) is 5.92 Å². The van der Waals surface area contributed by atoms with Crippen LogP contribution in [-0.2, 0) is 16.1 Å². The van der Waals surface area contributed by atoms with Gasteiger partial charge in [-0.25, -0.2) is 4.98 Å². The lowest BCUT2D eigenvalue weighted by molar-refractivity contribution is -0.135. The number of amides is 2. The quantitative estimate of drug-likeness (QED) is 0.785. The SMILES string of the molecule is NC(=O)[C@@H]1CCCN(c2ncccc2CNC(=O)C(F)(F)Cl)C1. The highest BCUT2D eigenvalue weighted by atomic mass is 35.5. The summed E-state index contributed by atoms with van der Waals surface area (Å²) in [6.45, 7) is 0.953. The summed E-state index contributed by atoms with van der Waals surface area (Å²) in [6, 6.07) is 3.31. The number of rotatable bonds is 5. The molecule has 1 aromatic heterocycles. The van der Waals surface area contributed by atoms with Gasteiger partial charge in [-0.1, -0.05) is 6.07 Å². The Bertz CT molecular complexity index is 594. The molecule has 0 unspecified atom stereocenters. The number of carbonyl (C=O) groups is 2. The molecule has 1 aromatic rings. The highest BCUT2D eigenvalue weighted by Gasteiger charge is 2.35. The Morgan fingerprint density at radius 1 is 1.52 bits per heavy atom. The van der Waals surface area contributed by atoms with Gasteiger partial charge in [-0.05, 0) is 30.5 Å². The van der Waals surface area contributed by atoms with Crippen LogP contribution in [0.1, 0.15) is 18.4 Å². The van der Waals surface area contributed by atoms with E-state index in [4.69, 9.17) is 5.73 Å². The lowest BCUT2D eigenvalue weighted by atomic mass is 9.97. The first-order chi connectivity index (χ1) is 10.8. The summed E-state index contributed by atoms with van der Waals surface area (Å²) in [5.74, 6) is -1.68. The number of nitrogens with one attached hydrogen (secondary N) is 1. The Morgan fingerprint density at radius 2 is 2.26 bits per heavy atom. The fourth-order valence-corrected chi connectivity index (χ4v) is 2.60. The van der Waals surface area contributed by atoms with Crippen LogP contribution in [-0.4, -0.2) is 35.3 Å². The third-order valence-electron chi connectivity index (χ3n) is 3.69. The topological polar surface area (TPSA) is 88.3 Å². The fraction of sp³-hybridized carbons (Fsp3) is 0.500. The van der Waals surface area contributed by atoms with Crippen molar-refractivity contribution < 1.29 is 18.4 Å². The maximum Gasteiger partial charge on any atom is 0.399 e. The van der Waals surface area contributed by atoms with Gasteiger partial charge in [0, 0.05) is 31.4 Å². The van der Waals surface area contributed by atoms with Crippen molar-refractivity contribution in [2.45, 2.75) is 24.8 Å². The van der Waals surface area contributed by atoms with E-state index in [-0.39, 0.29) is 18.4 Å². The molecule has 0 aliphatic carbocycles. The monoisotopic (exact) mass is 346 g/mol. The van der Waals surface area contributed by atoms with Crippen LogP contribution in [0.3, 0.4) is 0 Å². The van der Waals surface area contributed by atoms with Crippen molar-refractivity contribution in [2.75, 3.05) is 18.0 Å². The summed E-state index contributed by atoms with van der Waals surface area (Å²) in [6.07, 6.45) is 3.05. The van der Waals surface area contributed by atoms with Gasteiger partial charge < -0.3 is 16.0 Å². The molecule has 2 rings (SSSR count). The zero-order valence-corrected chi connectivity index (χ0v) is 13.0. The summed E-state index contributed by atoms with van der Waals surface area (Å²) in [7, 11) is 0. The normalized spacial score (nSPS) is 18.6. The molecule has 23 heavy (non-hydrogen) atoms. The summed E-state index contributed by atoms with van der Waals surface area (Å²) in [4.78, 5) is 28.7. The van der Waals surface area contributed by atoms with Crippen molar-refractivity contribution in [3.63, 3.8) is 0 Å². The number of nitrogens with zero attached hydrogens (tertiary/aromatic N) is 2. The van der Waals surface area contributed by atoms with Gasteiger partial charge in [0.1, 0.15) is 5.82 Å². The molecule has 0 radical (unpaired) electrons. The summed E-state index contributed by atoms with van der Waals surface area (Å²) in [5, 5.41) is -1.88. The van der Waals surface area contributed by atoms with Gasteiger partial charge in [0.25, 0.3) is 0 Å². The predicted octanol–water partition coefficient (Wildman–Crippen LogP) is 1.23. The maximum absolute atomic E-state index is 12.7. The minimum absolute atomic E-state index is 0.137. The van der Waals surface area contributed by atoms with Gasteiger partial charge in [-0.15, -0.1) is 0 Å². The van der Waals surface area contributed by atoms with E-state index in [1.54, 1.807) is 18.3 Å². The Balaban J connectivity index is 2.11. The third kappa shape index (κ3) is 4.51. The van der Waals surface area contributed by atoms with E-state index in [0.29, 0.717) is 30.9 Å². The number of anilines is 1. The maximum atomic E-state index is 12.7. The van der Waals surface area contributed by atoms with Gasteiger partial charge in [0.2, 0.25) is 5.91 Å². The Labute approximate surface area is 137 Å². The Hall–Kier alpha value is -1.96. The van der Waals surface area contributed by atoms with Crippen molar-refractivity contribution >= 4 is 29.2 Å². The molecule has 0 spiro atoms. The number of pyridine rings is 1. The highest BCUT2D eigenvalue weighted by molar-refractivity contribution is 6.32. The van der Waals surface area contributed by atoms with E-state index in [9.17, 15) is 18.4 Å². The molecule has 126 valence electrons. The van der Waals surface area contributed by atoms with E-state index < -0.39 is 11.3 Å². The summed E-state index contributed by atoms with van der Waals surface area (Å²) < 4.78 is 25.4. The number of aromatic nitrogens is 1. The van der Waals surface area contributed by atoms with Gasteiger partial charge in [0.15, 0.2) is 0 Å². The first-order valence-corrected chi connectivity index (χ1v) is 7.50. The number of alkyl halides is 3. The van der Waals surface area contributed by atoms with E-state index in [2.05, 4.69) is 21.9 Å². The molecular formula is C14H17ClF2N4O2. The van der Waals surface area contributed by atoms with Crippen LogP contribution in [0.5, 0.6) is 0 Å². The Kier molecular flexibility index (Phi) is 5.35. The molecule has 1 fully saturated rings. The molecule has 1 aliphatic heterocycles. The molecule has 9 heteroatoms. The van der Waals surface area contributed by atoms with Crippen molar-refractivity contribution in [1.82, 2.24) is 10.3 Å². The largest absolute Gasteiger partial charge is 0.399 e. The standard InChI is InChI=1S/C14H17ClF2N4O2/c15-14(16,17)13(23)20-7-9-3-1-5-19-12(9)21-6-2-4-10(8-21)11(18)22/h1,3,5,10H,2,4,6-8H2,(H2,18,22)(H,20,23)/t10-/m1/s1. The van der Waals surface area contributed by atoms with Crippen LogP contribution in [0.15, 0.2) is 18.3 Å². The lowest BCUT2D eigenvalue weighted by Crippen LogP contribution is -2.42. The second kappa shape index (κ2) is 7.08. The molecule has 0 saturated carbocycles. The smallest absolute Gasteiger partial charge is 0.369 e. The zero-order chi connectivity index (χ0) is 17.0. The molecule has 0 bridgehead atoms. The average Bonchev–Trinajstić information content (AvgIpc) is 2.52. The zero-order valence-electron chi connectivity index (χ0n) is 12.3. The average molecular weight is 347 g/mol. The number of halogens is 3. The summed E-state index contributed by atoms with van der Waals surface area (Å²) in [5.41, 5.74) is 5.91. The molecule has 3 N–H and O–H groups in total. The minimum atomic E-state index is -3.95. The van der Waals surface area contributed by atoms with E-state index in [0.717, 1.165) is 6.42 Å². The molecule has 0 aromatic carbocycles. The lowest BCUT2D eigenvalue weighted by Gasteiger charge is -2.33. The predicted molar refractivity (Wildman–Crippen MR) is 81.0 cm³/mol. The van der Waals surface area contributed by atoms with Crippen molar-refractivity contribution in [3.8, 4) is 0 Å². The van der Waals surface area contributed by atoms with Crippen LogP contribution in [0, 0.1) is 5.92 Å². The number of hydrogen-bond acceptors (Lipinski definition) is 4. The van der Waals surface area contributed by atoms with E-state index >= 15 is 0 Å². The molecule has 1 atom stereocenters. The van der Waals surface area contributed by atoms with Crippen molar-refractivity contribution in [3.05, 3.63) is 23.9 Å². The van der Waals surface area contributed by atoms with Crippen LogP contribution in [0.4, 0.5) is 14.6 Å². The van der Waals surface area contributed by atoms with Crippen LogP contribution in [0.25, 0.3) is 0 Å². The second-order valence-corrected chi connectivity index (χ2v) is 5.83. The number of primary amides is 1. The third-order valence-corrected chi connectivity index (χ3v) is 3.86. The van der Waals surface area contributed by atoms with Crippen LogP contribution in [0.2, 0.25) is 0 Å². The number of nitrogens with two attached hydrogens (primary N) is 1. The van der Waals surface area contributed by atoms with E-state index in [1.165, 1.54) is 0 Å². The van der Waals surface area contributed by atoms with Gasteiger partial charge in [-0.2, -0.15) is 8.78 Å². The van der Waals surface area contributed by atoms with Crippen LogP contribution >= 0.6 is 11.6 Å². The van der Waals surface area contributed by atoms with Crippen molar-refractivity contribution in [2.24, 2.45) is 11.7 Å². The summed E-state index contributed by atoms with van der Waals surface area (Å²) >= 11 is 4.67. The molecule has 1 aliphatic rings. The minimum Gasteiger partial charge on any atom is -0.369 e. The van der Waals surface area contributed by atoms with Gasteiger partial charge >= 0.3 is 11.3 Å². The first kappa shape index (κ1) is 17.4. The fourth-order valence-electron chi connectivity index (χ4n) is 2.53. The van der Waals surface area contributed by atoms with Gasteiger partial charge in [-0.3, -0.25) is 9.59 Å². The van der Waals surface area contributed by atoms with Crippen LogP contribution < -0.4 is 16.0 Å². The number of piperidine rings is 1. The molecule has 6 nitrogen and oxygen atoms in total. The molecular weight excluding hydrogens is 330 g/mol.